The van der Waals surface area contributed by atoms with E-state index in [0.29, 0.717) is 0 Å². The van der Waals surface area contributed by atoms with Gasteiger partial charge in [-0.3, -0.25) is 0 Å². The van der Waals surface area contributed by atoms with Crippen molar-refractivity contribution in [3.8, 4) is 0 Å². The highest BCUT2D eigenvalue weighted by Gasteiger charge is 2.18. The molecule has 1 rings (SSSR count). The van der Waals surface area contributed by atoms with E-state index < -0.39 is 0 Å². The van der Waals surface area contributed by atoms with Crippen LogP contribution < -0.4 is 0 Å². The van der Waals surface area contributed by atoms with Gasteiger partial charge in [-0.2, -0.15) is 11.8 Å². The van der Waals surface area contributed by atoms with Gasteiger partial charge < -0.3 is 0 Å². The molecule has 3 atom stereocenters. The maximum atomic E-state index is 3.52. The lowest BCUT2D eigenvalue weighted by Crippen LogP contribution is -2.15. The van der Waals surface area contributed by atoms with Gasteiger partial charge in [0.05, 0.1) is 0 Å². The van der Waals surface area contributed by atoms with Gasteiger partial charge >= 0.3 is 0 Å². The van der Waals surface area contributed by atoms with Gasteiger partial charge in [-0.05, 0) is 43.3 Å². The van der Waals surface area contributed by atoms with Gasteiger partial charge in [-0.15, -0.1) is 0 Å². The summed E-state index contributed by atoms with van der Waals surface area (Å²) in [5.74, 6) is 3.26. The van der Waals surface area contributed by atoms with E-state index in [2.05, 4.69) is 41.5 Å². The van der Waals surface area contributed by atoms with Gasteiger partial charge in [-0.25, -0.2) is 0 Å². The Kier molecular flexibility index (Phi) is 7.41. The summed E-state index contributed by atoms with van der Waals surface area (Å²) < 4.78 is 0. The number of hydrogen-bond donors (Lipinski definition) is 0. The van der Waals surface area contributed by atoms with Gasteiger partial charge in [0.25, 0.3) is 0 Å². The van der Waals surface area contributed by atoms with Crippen LogP contribution >= 0.6 is 27.7 Å². The molecule has 1 aliphatic rings. The molecule has 15 heavy (non-hydrogen) atoms. The minimum absolute atomic E-state index is 0.901. The fraction of sp³-hybridized carbons (Fsp3) is 1.00. The highest BCUT2D eigenvalue weighted by molar-refractivity contribution is 9.09. The van der Waals surface area contributed by atoms with E-state index in [9.17, 15) is 0 Å². The molecule has 1 saturated carbocycles. The van der Waals surface area contributed by atoms with E-state index in [1.165, 1.54) is 49.6 Å². The lowest BCUT2D eigenvalue weighted by Gasteiger charge is -2.26. The molecule has 0 bridgehead atoms. The van der Waals surface area contributed by atoms with Gasteiger partial charge in [0, 0.05) is 10.6 Å². The molecular formula is C13H25BrS. The van der Waals surface area contributed by atoms with Crippen molar-refractivity contribution >= 4 is 27.7 Å². The van der Waals surface area contributed by atoms with Crippen molar-refractivity contribution in [2.75, 3.05) is 11.1 Å². The predicted octanol–water partition coefficient (Wildman–Crippen LogP) is 5.11. The second-order valence-electron chi connectivity index (χ2n) is 5.14. The molecule has 0 aromatic carbocycles. The van der Waals surface area contributed by atoms with Crippen molar-refractivity contribution in [3.63, 3.8) is 0 Å². The number of hydrogen-bond acceptors (Lipinski definition) is 1. The van der Waals surface area contributed by atoms with Gasteiger partial charge in [0.1, 0.15) is 0 Å². The van der Waals surface area contributed by atoms with Crippen molar-refractivity contribution < 1.29 is 0 Å². The third-order valence-corrected chi connectivity index (χ3v) is 5.28. The van der Waals surface area contributed by atoms with Crippen molar-refractivity contribution in [3.05, 3.63) is 0 Å². The first-order valence-electron chi connectivity index (χ1n) is 6.40. The van der Waals surface area contributed by atoms with E-state index in [1.807, 2.05) is 0 Å². The van der Waals surface area contributed by atoms with Crippen LogP contribution in [0.1, 0.15) is 52.4 Å². The van der Waals surface area contributed by atoms with E-state index in [1.54, 1.807) is 0 Å². The fourth-order valence-electron chi connectivity index (χ4n) is 2.30. The zero-order valence-corrected chi connectivity index (χ0v) is 12.6. The molecule has 0 aliphatic heterocycles. The molecular weight excluding hydrogens is 268 g/mol. The molecule has 0 N–H and O–H groups in total. The Morgan fingerprint density at radius 2 is 2.13 bits per heavy atom. The van der Waals surface area contributed by atoms with Gasteiger partial charge in [-0.1, -0.05) is 42.6 Å². The number of alkyl halides is 1. The third kappa shape index (κ3) is 6.21. The van der Waals surface area contributed by atoms with Crippen LogP contribution in [0.2, 0.25) is 0 Å². The lowest BCUT2D eigenvalue weighted by atomic mass is 9.91. The summed E-state index contributed by atoms with van der Waals surface area (Å²) >= 11 is 5.76. The van der Waals surface area contributed by atoms with E-state index in [-0.39, 0.29) is 0 Å². The van der Waals surface area contributed by atoms with E-state index in [0.717, 1.165) is 17.1 Å². The van der Waals surface area contributed by atoms with Gasteiger partial charge in [0.2, 0.25) is 0 Å². The SMILES string of the molecule is CC(CCBr)CCSC1CCCC(C)C1. The number of rotatable bonds is 6. The summed E-state index contributed by atoms with van der Waals surface area (Å²) in [4.78, 5) is 0. The highest BCUT2D eigenvalue weighted by atomic mass is 79.9. The maximum absolute atomic E-state index is 3.52. The van der Waals surface area contributed by atoms with Crippen molar-refractivity contribution in [1.82, 2.24) is 0 Å². The van der Waals surface area contributed by atoms with E-state index in [4.69, 9.17) is 0 Å². The van der Waals surface area contributed by atoms with Crippen molar-refractivity contribution in [1.29, 1.82) is 0 Å². The smallest absolute Gasteiger partial charge is 0.00495 e. The van der Waals surface area contributed by atoms with Crippen LogP contribution in [-0.4, -0.2) is 16.3 Å². The highest BCUT2D eigenvalue weighted by Crippen LogP contribution is 2.32. The Hall–Kier alpha value is 0.830. The fourth-order valence-corrected chi connectivity index (χ4v) is 4.75. The predicted molar refractivity (Wildman–Crippen MR) is 76.1 cm³/mol. The molecule has 0 aromatic heterocycles. The summed E-state index contributed by atoms with van der Waals surface area (Å²) in [5.41, 5.74) is 0. The molecule has 3 unspecified atom stereocenters. The minimum atomic E-state index is 0.901. The Balaban J connectivity index is 2.03. The molecule has 1 fully saturated rings. The lowest BCUT2D eigenvalue weighted by molar-refractivity contribution is 0.394. The second-order valence-corrected chi connectivity index (χ2v) is 7.34. The standard InChI is InChI=1S/C13H25BrS/c1-11(6-8-14)7-9-15-13-5-3-4-12(2)10-13/h11-13H,3-10H2,1-2H3. The summed E-state index contributed by atoms with van der Waals surface area (Å²) in [5, 5.41) is 2.14. The summed E-state index contributed by atoms with van der Waals surface area (Å²) in [6.07, 6.45) is 8.62. The molecule has 0 saturated heterocycles. The zero-order chi connectivity index (χ0) is 11.1. The van der Waals surface area contributed by atoms with Crippen LogP contribution in [0.4, 0.5) is 0 Å². The molecule has 0 radical (unpaired) electrons. The zero-order valence-electron chi connectivity index (χ0n) is 10.2. The maximum Gasteiger partial charge on any atom is 0.00495 e. The first-order chi connectivity index (χ1) is 7.22. The average Bonchev–Trinajstić information content (AvgIpc) is 2.18. The molecule has 0 aromatic rings. The largest absolute Gasteiger partial charge is 0.159 e. The van der Waals surface area contributed by atoms with Gasteiger partial charge in [0.15, 0.2) is 0 Å². The molecule has 0 heterocycles. The topological polar surface area (TPSA) is 0 Å². The second kappa shape index (κ2) is 8.00. The van der Waals surface area contributed by atoms with Crippen LogP contribution in [-0.2, 0) is 0 Å². The molecule has 0 spiro atoms. The molecule has 90 valence electrons. The Bertz CT molecular complexity index is 161. The van der Waals surface area contributed by atoms with Crippen molar-refractivity contribution in [2.45, 2.75) is 57.6 Å². The Morgan fingerprint density at radius 3 is 2.80 bits per heavy atom. The van der Waals surface area contributed by atoms with Crippen LogP contribution in [0.25, 0.3) is 0 Å². The van der Waals surface area contributed by atoms with Crippen molar-refractivity contribution in [2.24, 2.45) is 11.8 Å². The first-order valence-corrected chi connectivity index (χ1v) is 8.57. The monoisotopic (exact) mass is 292 g/mol. The van der Waals surface area contributed by atoms with Crippen LogP contribution in [0.5, 0.6) is 0 Å². The Labute approximate surface area is 108 Å². The summed E-state index contributed by atoms with van der Waals surface area (Å²) in [6, 6.07) is 0. The average molecular weight is 293 g/mol. The molecule has 2 heteroatoms. The molecule has 0 nitrogen and oxygen atoms in total. The normalized spacial score (nSPS) is 29.0. The molecule has 0 amide bonds. The quantitative estimate of drug-likeness (QED) is 0.613. The van der Waals surface area contributed by atoms with Crippen LogP contribution in [0.15, 0.2) is 0 Å². The minimum Gasteiger partial charge on any atom is -0.159 e. The molecule has 1 aliphatic carbocycles. The number of halogens is 1. The third-order valence-electron chi connectivity index (χ3n) is 3.45. The Morgan fingerprint density at radius 1 is 1.33 bits per heavy atom. The summed E-state index contributed by atoms with van der Waals surface area (Å²) in [6.45, 7) is 4.80. The first kappa shape index (κ1) is 13.9. The summed E-state index contributed by atoms with van der Waals surface area (Å²) in [7, 11) is 0. The van der Waals surface area contributed by atoms with E-state index >= 15 is 0 Å². The van der Waals surface area contributed by atoms with Crippen LogP contribution in [0, 0.1) is 11.8 Å². The number of thioether (sulfide) groups is 1. The van der Waals surface area contributed by atoms with Crippen LogP contribution in [0.3, 0.4) is 0 Å².